The third kappa shape index (κ3) is 4.99. The van der Waals surface area contributed by atoms with E-state index in [4.69, 9.17) is 4.74 Å². The molecule has 0 radical (unpaired) electrons. The summed E-state index contributed by atoms with van der Waals surface area (Å²) in [5.41, 5.74) is 1.87. The predicted molar refractivity (Wildman–Crippen MR) is 95.9 cm³/mol. The van der Waals surface area contributed by atoms with Crippen LogP contribution in [0.4, 0.5) is 5.82 Å². The van der Waals surface area contributed by atoms with E-state index in [1.807, 2.05) is 25.1 Å². The number of aryl methyl sites for hydroxylation is 1. The van der Waals surface area contributed by atoms with Crippen molar-refractivity contribution in [2.45, 2.75) is 51.6 Å². The van der Waals surface area contributed by atoms with Crippen LogP contribution >= 0.6 is 0 Å². The number of hydrogen-bond acceptors (Lipinski definition) is 5. The van der Waals surface area contributed by atoms with Crippen LogP contribution in [0.1, 0.15) is 44.2 Å². The van der Waals surface area contributed by atoms with Crippen molar-refractivity contribution in [2.75, 3.05) is 18.5 Å². The van der Waals surface area contributed by atoms with Crippen molar-refractivity contribution >= 4 is 5.82 Å². The fourth-order valence-electron chi connectivity index (χ4n) is 3.10. The summed E-state index contributed by atoms with van der Waals surface area (Å²) in [6.07, 6.45) is 11.7. The number of nitrogens with one attached hydrogen (secondary N) is 1. The van der Waals surface area contributed by atoms with Crippen LogP contribution in [0.2, 0.25) is 0 Å². The van der Waals surface area contributed by atoms with Gasteiger partial charge in [-0.25, -0.2) is 9.97 Å². The maximum absolute atomic E-state index is 6.01. The molecule has 2 heterocycles. The molecule has 128 valence electrons. The molecule has 0 bridgehead atoms. The largest absolute Gasteiger partial charge is 0.376 e. The minimum atomic E-state index is 0.437. The van der Waals surface area contributed by atoms with Gasteiger partial charge in [-0.05, 0) is 31.9 Å². The Labute approximate surface area is 143 Å². The van der Waals surface area contributed by atoms with Gasteiger partial charge in [0, 0.05) is 36.3 Å². The fraction of sp³-hybridized carbons (Fsp3) is 0.526. The van der Waals surface area contributed by atoms with Gasteiger partial charge in [-0.1, -0.05) is 25.7 Å². The molecule has 1 N–H and O–H groups in total. The SMILES string of the molecule is Cc1cc(NCCOC2CCCCCC2)nc(-c2cccnc2)n1. The quantitative estimate of drug-likeness (QED) is 0.642. The van der Waals surface area contributed by atoms with Crippen LogP contribution in [-0.4, -0.2) is 34.2 Å². The molecule has 1 aliphatic carbocycles. The number of hydrogen-bond donors (Lipinski definition) is 1. The molecule has 1 saturated carbocycles. The summed E-state index contributed by atoms with van der Waals surface area (Å²) in [6, 6.07) is 5.83. The summed E-state index contributed by atoms with van der Waals surface area (Å²) in [4.78, 5) is 13.2. The maximum Gasteiger partial charge on any atom is 0.163 e. The third-order valence-corrected chi connectivity index (χ3v) is 4.34. The van der Waals surface area contributed by atoms with Crippen molar-refractivity contribution < 1.29 is 4.74 Å². The van der Waals surface area contributed by atoms with Gasteiger partial charge in [-0.15, -0.1) is 0 Å². The van der Waals surface area contributed by atoms with E-state index in [0.717, 1.165) is 30.2 Å². The van der Waals surface area contributed by atoms with Crippen molar-refractivity contribution in [1.29, 1.82) is 0 Å². The van der Waals surface area contributed by atoms with Crippen molar-refractivity contribution in [3.05, 3.63) is 36.3 Å². The van der Waals surface area contributed by atoms with Crippen molar-refractivity contribution in [1.82, 2.24) is 15.0 Å². The molecule has 0 unspecified atom stereocenters. The molecule has 0 aliphatic heterocycles. The molecule has 1 fully saturated rings. The molecule has 5 heteroatoms. The van der Waals surface area contributed by atoms with Gasteiger partial charge in [0.1, 0.15) is 5.82 Å². The summed E-state index contributed by atoms with van der Waals surface area (Å²) >= 11 is 0. The van der Waals surface area contributed by atoms with Crippen LogP contribution in [0.15, 0.2) is 30.6 Å². The van der Waals surface area contributed by atoms with Crippen LogP contribution < -0.4 is 5.32 Å². The van der Waals surface area contributed by atoms with Crippen molar-refractivity contribution in [3.8, 4) is 11.4 Å². The Morgan fingerprint density at radius 2 is 2.00 bits per heavy atom. The normalized spacial score (nSPS) is 15.9. The van der Waals surface area contributed by atoms with Gasteiger partial charge in [0.15, 0.2) is 5.82 Å². The smallest absolute Gasteiger partial charge is 0.163 e. The second-order valence-electron chi connectivity index (χ2n) is 6.37. The molecule has 2 aromatic heterocycles. The van der Waals surface area contributed by atoms with Crippen LogP contribution in [0.25, 0.3) is 11.4 Å². The van der Waals surface area contributed by atoms with E-state index in [9.17, 15) is 0 Å². The highest BCUT2D eigenvalue weighted by atomic mass is 16.5. The number of aromatic nitrogens is 3. The average molecular weight is 326 g/mol. The van der Waals surface area contributed by atoms with Gasteiger partial charge in [0.05, 0.1) is 12.7 Å². The fourth-order valence-corrected chi connectivity index (χ4v) is 3.10. The highest BCUT2D eigenvalue weighted by molar-refractivity contribution is 5.56. The number of anilines is 1. The summed E-state index contributed by atoms with van der Waals surface area (Å²) in [6.45, 7) is 3.46. The van der Waals surface area contributed by atoms with E-state index >= 15 is 0 Å². The lowest BCUT2D eigenvalue weighted by Gasteiger charge is -2.16. The van der Waals surface area contributed by atoms with Gasteiger partial charge in [-0.2, -0.15) is 0 Å². The Hall–Kier alpha value is -2.01. The lowest BCUT2D eigenvalue weighted by molar-refractivity contribution is 0.0501. The van der Waals surface area contributed by atoms with E-state index in [1.165, 1.54) is 38.5 Å². The Bertz CT molecular complexity index is 625. The van der Waals surface area contributed by atoms with Gasteiger partial charge in [0.25, 0.3) is 0 Å². The van der Waals surface area contributed by atoms with Crippen LogP contribution in [-0.2, 0) is 4.74 Å². The summed E-state index contributed by atoms with van der Waals surface area (Å²) in [5.74, 6) is 1.54. The molecule has 0 amide bonds. The molecular weight excluding hydrogens is 300 g/mol. The lowest BCUT2D eigenvalue weighted by atomic mass is 10.1. The number of rotatable bonds is 6. The number of ether oxygens (including phenoxy) is 1. The van der Waals surface area contributed by atoms with Gasteiger partial charge < -0.3 is 10.1 Å². The monoisotopic (exact) mass is 326 g/mol. The van der Waals surface area contributed by atoms with E-state index in [1.54, 1.807) is 12.4 Å². The summed E-state index contributed by atoms with van der Waals surface area (Å²) in [7, 11) is 0. The maximum atomic E-state index is 6.01. The Kier molecular flexibility index (Phi) is 6.13. The average Bonchev–Trinajstić information content (AvgIpc) is 2.88. The molecule has 0 saturated heterocycles. The molecular formula is C19H26N4O. The molecule has 1 aliphatic rings. The van der Waals surface area contributed by atoms with Crippen LogP contribution in [0.5, 0.6) is 0 Å². The highest BCUT2D eigenvalue weighted by Gasteiger charge is 2.12. The van der Waals surface area contributed by atoms with Crippen molar-refractivity contribution in [3.63, 3.8) is 0 Å². The first kappa shape index (κ1) is 16.8. The number of nitrogens with zero attached hydrogens (tertiary/aromatic N) is 3. The minimum absolute atomic E-state index is 0.437. The first-order valence-corrected chi connectivity index (χ1v) is 8.93. The Morgan fingerprint density at radius 3 is 2.75 bits per heavy atom. The minimum Gasteiger partial charge on any atom is -0.376 e. The molecule has 0 atom stereocenters. The van der Waals surface area contributed by atoms with Crippen LogP contribution in [0.3, 0.4) is 0 Å². The first-order chi connectivity index (χ1) is 11.8. The lowest BCUT2D eigenvalue weighted by Crippen LogP contribution is -2.18. The molecule has 5 nitrogen and oxygen atoms in total. The highest BCUT2D eigenvalue weighted by Crippen LogP contribution is 2.20. The van der Waals surface area contributed by atoms with Gasteiger partial charge in [0.2, 0.25) is 0 Å². The predicted octanol–water partition coefficient (Wildman–Crippen LogP) is 4.00. The van der Waals surface area contributed by atoms with E-state index in [2.05, 4.69) is 20.3 Å². The molecule has 3 rings (SSSR count). The zero-order chi connectivity index (χ0) is 16.6. The molecule has 0 aromatic carbocycles. The first-order valence-electron chi connectivity index (χ1n) is 8.93. The van der Waals surface area contributed by atoms with E-state index < -0.39 is 0 Å². The Morgan fingerprint density at radius 1 is 1.17 bits per heavy atom. The molecule has 0 spiro atoms. The standard InChI is InChI=1S/C19H26N4O/c1-15-13-18(23-19(22-15)16-7-6-10-20-14-16)21-11-12-24-17-8-4-2-3-5-9-17/h6-7,10,13-14,17H,2-5,8-9,11-12H2,1H3,(H,21,22,23). The topological polar surface area (TPSA) is 59.9 Å². The zero-order valence-corrected chi connectivity index (χ0v) is 14.4. The summed E-state index contributed by atoms with van der Waals surface area (Å²) < 4.78 is 6.01. The molecule has 2 aromatic rings. The van der Waals surface area contributed by atoms with Gasteiger partial charge in [-0.3, -0.25) is 4.98 Å². The van der Waals surface area contributed by atoms with E-state index in [0.29, 0.717) is 11.9 Å². The van der Waals surface area contributed by atoms with Crippen LogP contribution in [0, 0.1) is 6.92 Å². The van der Waals surface area contributed by atoms with Crippen molar-refractivity contribution in [2.24, 2.45) is 0 Å². The van der Waals surface area contributed by atoms with Gasteiger partial charge >= 0.3 is 0 Å². The third-order valence-electron chi connectivity index (χ3n) is 4.34. The second-order valence-corrected chi connectivity index (χ2v) is 6.37. The molecule has 24 heavy (non-hydrogen) atoms. The van der Waals surface area contributed by atoms with E-state index in [-0.39, 0.29) is 0 Å². The number of pyridine rings is 1. The second kappa shape index (κ2) is 8.73. The summed E-state index contributed by atoms with van der Waals surface area (Å²) in [5, 5.41) is 3.35. The zero-order valence-electron chi connectivity index (χ0n) is 14.4. The Balaban J connectivity index is 1.52.